The predicted molar refractivity (Wildman–Crippen MR) is 74.8 cm³/mol. The molecule has 0 fully saturated rings. The number of halogens is 1. The zero-order valence-corrected chi connectivity index (χ0v) is 11.5. The first kappa shape index (κ1) is 13.1. The van der Waals surface area contributed by atoms with Crippen molar-refractivity contribution in [1.29, 1.82) is 0 Å². The highest BCUT2D eigenvalue weighted by atomic mass is 35.5. The SMILES string of the molecule is CCNC(Cc1ccc(Cl)cc1)c1cn(C)cn1. The average molecular weight is 264 g/mol. The summed E-state index contributed by atoms with van der Waals surface area (Å²) in [6.07, 6.45) is 4.81. The van der Waals surface area contributed by atoms with Crippen LogP contribution in [-0.2, 0) is 13.5 Å². The molecule has 1 aromatic heterocycles. The molecule has 4 heteroatoms. The van der Waals surface area contributed by atoms with Crippen molar-refractivity contribution in [1.82, 2.24) is 14.9 Å². The minimum atomic E-state index is 0.248. The number of hydrogen-bond donors (Lipinski definition) is 1. The number of nitrogens with one attached hydrogen (secondary N) is 1. The number of nitrogens with zero attached hydrogens (tertiary/aromatic N) is 2. The summed E-state index contributed by atoms with van der Waals surface area (Å²) in [5.74, 6) is 0. The Labute approximate surface area is 113 Å². The quantitative estimate of drug-likeness (QED) is 0.899. The Morgan fingerprint density at radius 3 is 2.61 bits per heavy atom. The highest BCUT2D eigenvalue weighted by Crippen LogP contribution is 2.18. The monoisotopic (exact) mass is 263 g/mol. The van der Waals surface area contributed by atoms with E-state index >= 15 is 0 Å². The lowest BCUT2D eigenvalue weighted by Crippen LogP contribution is -2.23. The second kappa shape index (κ2) is 6.03. The van der Waals surface area contributed by atoms with Crippen molar-refractivity contribution >= 4 is 11.6 Å². The van der Waals surface area contributed by atoms with E-state index in [2.05, 4.69) is 35.6 Å². The molecule has 2 aromatic rings. The van der Waals surface area contributed by atoms with Gasteiger partial charge in [-0.25, -0.2) is 4.98 Å². The summed E-state index contributed by atoms with van der Waals surface area (Å²) in [6.45, 7) is 3.03. The topological polar surface area (TPSA) is 29.9 Å². The van der Waals surface area contributed by atoms with Crippen molar-refractivity contribution in [3.63, 3.8) is 0 Å². The highest BCUT2D eigenvalue weighted by Gasteiger charge is 2.13. The van der Waals surface area contributed by atoms with Crippen LogP contribution in [0, 0.1) is 0 Å². The lowest BCUT2D eigenvalue weighted by Gasteiger charge is -2.15. The molecule has 0 saturated heterocycles. The maximum absolute atomic E-state index is 5.90. The normalized spacial score (nSPS) is 12.6. The summed E-state index contributed by atoms with van der Waals surface area (Å²) in [5, 5.41) is 4.24. The molecule has 0 amide bonds. The van der Waals surface area contributed by atoms with Crippen LogP contribution < -0.4 is 5.32 Å². The average Bonchev–Trinajstić information content (AvgIpc) is 2.78. The molecule has 3 nitrogen and oxygen atoms in total. The molecule has 0 aliphatic heterocycles. The lowest BCUT2D eigenvalue weighted by atomic mass is 10.0. The predicted octanol–water partition coefficient (Wildman–Crippen LogP) is 2.97. The van der Waals surface area contributed by atoms with E-state index in [0.29, 0.717) is 0 Å². The third kappa shape index (κ3) is 3.34. The molecular formula is C14H18ClN3. The van der Waals surface area contributed by atoms with E-state index in [1.807, 2.05) is 30.1 Å². The minimum absolute atomic E-state index is 0.248. The molecule has 18 heavy (non-hydrogen) atoms. The van der Waals surface area contributed by atoms with E-state index in [-0.39, 0.29) is 6.04 Å². The van der Waals surface area contributed by atoms with Gasteiger partial charge < -0.3 is 9.88 Å². The van der Waals surface area contributed by atoms with Crippen molar-refractivity contribution in [3.05, 3.63) is 53.1 Å². The van der Waals surface area contributed by atoms with E-state index in [4.69, 9.17) is 11.6 Å². The van der Waals surface area contributed by atoms with Gasteiger partial charge in [-0.15, -0.1) is 0 Å². The van der Waals surface area contributed by atoms with Crippen LogP contribution in [-0.4, -0.2) is 16.1 Å². The Bertz CT molecular complexity index is 490. The summed E-state index contributed by atoms with van der Waals surface area (Å²) in [6, 6.07) is 8.24. The van der Waals surface area contributed by atoms with Crippen molar-refractivity contribution in [2.24, 2.45) is 7.05 Å². The fraction of sp³-hybridized carbons (Fsp3) is 0.357. The van der Waals surface area contributed by atoms with Crippen LogP contribution in [0.3, 0.4) is 0 Å². The number of imidazole rings is 1. The Kier molecular flexibility index (Phi) is 4.39. The first-order valence-corrected chi connectivity index (χ1v) is 6.52. The Morgan fingerprint density at radius 1 is 1.33 bits per heavy atom. The van der Waals surface area contributed by atoms with Gasteiger partial charge in [0.25, 0.3) is 0 Å². The van der Waals surface area contributed by atoms with Gasteiger partial charge in [-0.3, -0.25) is 0 Å². The number of benzene rings is 1. The van der Waals surface area contributed by atoms with E-state index < -0.39 is 0 Å². The Balaban J connectivity index is 2.13. The van der Waals surface area contributed by atoms with Crippen molar-refractivity contribution in [2.45, 2.75) is 19.4 Å². The molecular weight excluding hydrogens is 246 g/mol. The van der Waals surface area contributed by atoms with Crippen LogP contribution in [0.1, 0.15) is 24.2 Å². The molecule has 0 aliphatic carbocycles. The zero-order chi connectivity index (χ0) is 13.0. The van der Waals surface area contributed by atoms with E-state index in [1.165, 1.54) is 5.56 Å². The number of likely N-dealkylation sites (N-methyl/N-ethyl adjacent to an activating group) is 1. The van der Waals surface area contributed by atoms with Gasteiger partial charge in [-0.2, -0.15) is 0 Å². The first-order chi connectivity index (χ1) is 8.69. The Hall–Kier alpha value is -1.32. The smallest absolute Gasteiger partial charge is 0.0947 e. The van der Waals surface area contributed by atoms with Crippen LogP contribution in [0.5, 0.6) is 0 Å². The third-order valence-electron chi connectivity index (χ3n) is 2.89. The molecule has 1 heterocycles. The molecule has 1 unspecified atom stereocenters. The van der Waals surface area contributed by atoms with Crippen LogP contribution in [0.15, 0.2) is 36.8 Å². The zero-order valence-electron chi connectivity index (χ0n) is 10.7. The van der Waals surface area contributed by atoms with Crippen LogP contribution >= 0.6 is 11.6 Å². The second-order valence-corrected chi connectivity index (χ2v) is 4.84. The fourth-order valence-corrected chi connectivity index (χ4v) is 2.12. The molecule has 2 rings (SSSR count). The van der Waals surface area contributed by atoms with Gasteiger partial charge in [-0.1, -0.05) is 30.7 Å². The molecule has 1 N–H and O–H groups in total. The summed E-state index contributed by atoms with van der Waals surface area (Å²) >= 11 is 5.90. The Morgan fingerprint density at radius 2 is 2.06 bits per heavy atom. The van der Waals surface area contributed by atoms with E-state index in [9.17, 15) is 0 Å². The number of aromatic nitrogens is 2. The number of hydrogen-bond acceptors (Lipinski definition) is 2. The molecule has 0 bridgehead atoms. The van der Waals surface area contributed by atoms with Crippen LogP contribution in [0.2, 0.25) is 5.02 Å². The molecule has 1 aromatic carbocycles. The molecule has 0 radical (unpaired) electrons. The molecule has 0 saturated carbocycles. The first-order valence-electron chi connectivity index (χ1n) is 6.14. The van der Waals surface area contributed by atoms with E-state index in [0.717, 1.165) is 23.7 Å². The van der Waals surface area contributed by atoms with Gasteiger partial charge >= 0.3 is 0 Å². The second-order valence-electron chi connectivity index (χ2n) is 4.40. The van der Waals surface area contributed by atoms with Crippen molar-refractivity contribution < 1.29 is 0 Å². The standard InChI is InChI=1S/C14H18ClN3/c1-3-16-13(14-9-18(2)10-17-14)8-11-4-6-12(15)7-5-11/h4-7,9-10,13,16H,3,8H2,1-2H3. The maximum Gasteiger partial charge on any atom is 0.0947 e. The van der Waals surface area contributed by atoms with Crippen LogP contribution in [0.25, 0.3) is 0 Å². The molecule has 0 spiro atoms. The summed E-state index contributed by atoms with van der Waals surface area (Å²) in [7, 11) is 1.99. The summed E-state index contributed by atoms with van der Waals surface area (Å²) in [5.41, 5.74) is 2.34. The molecule has 96 valence electrons. The number of rotatable bonds is 5. The molecule has 0 aliphatic rings. The van der Waals surface area contributed by atoms with Gasteiger partial charge in [0.05, 0.1) is 18.1 Å². The van der Waals surface area contributed by atoms with E-state index in [1.54, 1.807) is 0 Å². The minimum Gasteiger partial charge on any atom is -0.340 e. The van der Waals surface area contributed by atoms with Gasteiger partial charge in [0, 0.05) is 18.3 Å². The summed E-state index contributed by atoms with van der Waals surface area (Å²) in [4.78, 5) is 4.42. The van der Waals surface area contributed by atoms with Gasteiger partial charge in [0.15, 0.2) is 0 Å². The molecule has 1 atom stereocenters. The maximum atomic E-state index is 5.90. The fourth-order valence-electron chi connectivity index (χ4n) is 2.00. The third-order valence-corrected chi connectivity index (χ3v) is 3.14. The number of aryl methyl sites for hydroxylation is 1. The lowest BCUT2D eigenvalue weighted by molar-refractivity contribution is 0.538. The van der Waals surface area contributed by atoms with Gasteiger partial charge in [-0.05, 0) is 30.7 Å². The van der Waals surface area contributed by atoms with Crippen molar-refractivity contribution in [2.75, 3.05) is 6.54 Å². The van der Waals surface area contributed by atoms with Crippen molar-refractivity contribution in [3.8, 4) is 0 Å². The largest absolute Gasteiger partial charge is 0.340 e. The van der Waals surface area contributed by atoms with Gasteiger partial charge in [0.1, 0.15) is 0 Å². The summed E-state index contributed by atoms with van der Waals surface area (Å²) < 4.78 is 1.97. The van der Waals surface area contributed by atoms with Crippen LogP contribution in [0.4, 0.5) is 0 Å². The van der Waals surface area contributed by atoms with Gasteiger partial charge in [0.2, 0.25) is 0 Å². The highest BCUT2D eigenvalue weighted by molar-refractivity contribution is 6.30.